The van der Waals surface area contributed by atoms with Crippen molar-refractivity contribution in [1.29, 1.82) is 0 Å². The van der Waals surface area contributed by atoms with Crippen molar-refractivity contribution in [1.82, 2.24) is 15.2 Å². The predicted octanol–water partition coefficient (Wildman–Crippen LogP) is 2.54. The van der Waals surface area contributed by atoms with E-state index in [9.17, 15) is 4.79 Å². The molecule has 1 N–H and O–H groups in total. The van der Waals surface area contributed by atoms with Crippen LogP contribution in [0.2, 0.25) is 0 Å². The number of hydrogen-bond acceptors (Lipinski definition) is 3. The van der Waals surface area contributed by atoms with E-state index in [-0.39, 0.29) is 11.3 Å². The highest BCUT2D eigenvalue weighted by atomic mass is 16.2. The van der Waals surface area contributed by atoms with Crippen LogP contribution in [-0.4, -0.2) is 28.9 Å². The Morgan fingerprint density at radius 1 is 1.04 bits per heavy atom. The molecule has 0 aliphatic carbocycles. The zero-order valence-corrected chi connectivity index (χ0v) is 13.9. The lowest BCUT2D eigenvalue weighted by atomic mass is 9.73. The summed E-state index contributed by atoms with van der Waals surface area (Å²) in [7, 11) is 0. The lowest BCUT2D eigenvalue weighted by Crippen LogP contribution is -2.48. The first-order valence-electron chi connectivity index (χ1n) is 8.73. The normalized spacial score (nSPS) is 20.2. The van der Waals surface area contributed by atoms with Gasteiger partial charge in [-0.05, 0) is 55.6 Å². The number of amides is 1. The minimum absolute atomic E-state index is 0.233. The second-order valence-corrected chi connectivity index (χ2v) is 7.01. The SMILES string of the molecule is O=C1NCc2ccccc2CC12CCN(Cc1ccccn1)CC2. The summed E-state index contributed by atoms with van der Waals surface area (Å²) >= 11 is 0. The molecule has 1 amide bonds. The van der Waals surface area contributed by atoms with Crippen molar-refractivity contribution >= 4 is 5.91 Å². The molecule has 124 valence electrons. The second-order valence-electron chi connectivity index (χ2n) is 7.01. The summed E-state index contributed by atoms with van der Waals surface area (Å²) in [6.07, 6.45) is 4.54. The van der Waals surface area contributed by atoms with Crippen LogP contribution in [0.1, 0.15) is 29.7 Å². The summed E-state index contributed by atoms with van der Waals surface area (Å²) in [4.78, 5) is 19.6. The Morgan fingerprint density at radius 3 is 2.54 bits per heavy atom. The first kappa shape index (κ1) is 15.3. The molecular weight excluding hydrogens is 298 g/mol. The summed E-state index contributed by atoms with van der Waals surface area (Å²) in [5, 5.41) is 3.16. The van der Waals surface area contributed by atoms with E-state index in [2.05, 4.69) is 45.5 Å². The van der Waals surface area contributed by atoms with Gasteiger partial charge < -0.3 is 5.32 Å². The van der Waals surface area contributed by atoms with Gasteiger partial charge in [-0.2, -0.15) is 0 Å². The maximum atomic E-state index is 12.8. The molecule has 3 heterocycles. The number of carbonyl (C=O) groups is 1. The van der Waals surface area contributed by atoms with Gasteiger partial charge in [-0.15, -0.1) is 0 Å². The molecule has 2 aliphatic rings. The minimum Gasteiger partial charge on any atom is -0.352 e. The van der Waals surface area contributed by atoms with E-state index in [1.165, 1.54) is 11.1 Å². The van der Waals surface area contributed by atoms with E-state index < -0.39 is 0 Å². The number of nitrogens with zero attached hydrogens (tertiary/aromatic N) is 2. The number of nitrogens with one attached hydrogen (secondary N) is 1. The predicted molar refractivity (Wildman–Crippen MR) is 93.2 cm³/mol. The van der Waals surface area contributed by atoms with Gasteiger partial charge in [-0.25, -0.2) is 0 Å². The largest absolute Gasteiger partial charge is 0.352 e. The third kappa shape index (κ3) is 2.94. The van der Waals surface area contributed by atoms with Crippen LogP contribution in [0.3, 0.4) is 0 Å². The van der Waals surface area contributed by atoms with Gasteiger partial charge in [-0.1, -0.05) is 30.3 Å². The third-order valence-electron chi connectivity index (χ3n) is 5.49. The van der Waals surface area contributed by atoms with Gasteiger partial charge in [0.1, 0.15) is 0 Å². The zero-order chi connectivity index (χ0) is 16.4. The van der Waals surface area contributed by atoms with Crippen LogP contribution >= 0.6 is 0 Å². The molecule has 1 aromatic carbocycles. The summed E-state index contributed by atoms with van der Waals surface area (Å²) < 4.78 is 0. The Kier molecular flexibility index (Phi) is 4.07. The van der Waals surface area contributed by atoms with Gasteiger partial charge in [0.05, 0.1) is 11.1 Å². The quantitative estimate of drug-likeness (QED) is 0.924. The molecule has 1 fully saturated rings. The number of benzene rings is 1. The van der Waals surface area contributed by atoms with Crippen molar-refractivity contribution in [2.45, 2.75) is 32.4 Å². The van der Waals surface area contributed by atoms with Gasteiger partial charge in [0.2, 0.25) is 5.91 Å². The maximum Gasteiger partial charge on any atom is 0.226 e. The fourth-order valence-electron chi connectivity index (χ4n) is 3.97. The second kappa shape index (κ2) is 6.36. The van der Waals surface area contributed by atoms with E-state index in [1.807, 2.05) is 18.3 Å². The van der Waals surface area contributed by atoms with Crippen LogP contribution < -0.4 is 5.32 Å². The molecule has 0 saturated carbocycles. The van der Waals surface area contributed by atoms with Gasteiger partial charge in [-0.3, -0.25) is 14.7 Å². The average Bonchev–Trinajstić information content (AvgIpc) is 2.76. The molecule has 4 nitrogen and oxygen atoms in total. The van der Waals surface area contributed by atoms with Gasteiger partial charge in [0.15, 0.2) is 0 Å². The summed E-state index contributed by atoms with van der Waals surface area (Å²) in [6.45, 7) is 3.43. The van der Waals surface area contributed by atoms with E-state index in [0.29, 0.717) is 6.54 Å². The van der Waals surface area contributed by atoms with Crippen molar-refractivity contribution < 1.29 is 4.79 Å². The standard InChI is InChI=1S/C20H23N3O/c24-19-20(13-16-5-1-2-6-17(16)14-22-19)8-11-23(12-9-20)15-18-7-3-4-10-21-18/h1-7,10H,8-9,11-15H2,(H,22,24). The number of aromatic nitrogens is 1. The van der Waals surface area contributed by atoms with Crippen molar-refractivity contribution in [2.75, 3.05) is 13.1 Å². The van der Waals surface area contributed by atoms with Crippen LogP contribution in [0.4, 0.5) is 0 Å². The average molecular weight is 321 g/mol. The molecule has 0 atom stereocenters. The van der Waals surface area contributed by atoms with Crippen LogP contribution in [0, 0.1) is 5.41 Å². The van der Waals surface area contributed by atoms with Crippen LogP contribution in [0.15, 0.2) is 48.7 Å². The number of piperidine rings is 1. The molecule has 0 unspecified atom stereocenters. The lowest BCUT2D eigenvalue weighted by molar-refractivity contribution is -0.133. The Hall–Kier alpha value is -2.20. The van der Waals surface area contributed by atoms with E-state index in [4.69, 9.17) is 0 Å². The Bertz CT molecular complexity index is 721. The monoisotopic (exact) mass is 321 g/mol. The molecule has 4 heteroatoms. The highest BCUT2D eigenvalue weighted by Crippen LogP contribution is 2.38. The van der Waals surface area contributed by atoms with Crippen LogP contribution in [0.5, 0.6) is 0 Å². The smallest absolute Gasteiger partial charge is 0.226 e. The molecule has 1 saturated heterocycles. The molecule has 1 spiro atoms. The van der Waals surface area contributed by atoms with Crippen LogP contribution in [-0.2, 0) is 24.3 Å². The summed E-state index contributed by atoms with van der Waals surface area (Å²) in [5.74, 6) is 0.233. The van der Waals surface area contributed by atoms with E-state index in [0.717, 1.165) is 44.6 Å². The first-order chi connectivity index (χ1) is 11.8. The minimum atomic E-state index is -0.243. The summed E-state index contributed by atoms with van der Waals surface area (Å²) in [5.41, 5.74) is 3.45. The first-order valence-corrected chi connectivity index (χ1v) is 8.73. The van der Waals surface area contributed by atoms with Crippen molar-refractivity contribution in [2.24, 2.45) is 5.41 Å². The maximum absolute atomic E-state index is 12.8. The highest BCUT2D eigenvalue weighted by molar-refractivity contribution is 5.83. The van der Waals surface area contributed by atoms with Gasteiger partial charge in [0.25, 0.3) is 0 Å². The van der Waals surface area contributed by atoms with E-state index in [1.54, 1.807) is 0 Å². The van der Waals surface area contributed by atoms with Crippen LogP contribution in [0.25, 0.3) is 0 Å². The fraction of sp³-hybridized carbons (Fsp3) is 0.400. The number of pyridine rings is 1. The topological polar surface area (TPSA) is 45.2 Å². The van der Waals surface area contributed by atoms with Crippen molar-refractivity contribution in [3.8, 4) is 0 Å². The van der Waals surface area contributed by atoms with Gasteiger partial charge >= 0.3 is 0 Å². The Balaban J connectivity index is 1.48. The lowest BCUT2D eigenvalue weighted by Gasteiger charge is -2.40. The van der Waals surface area contributed by atoms with Gasteiger partial charge in [0, 0.05) is 19.3 Å². The number of rotatable bonds is 2. The molecule has 2 aliphatic heterocycles. The zero-order valence-electron chi connectivity index (χ0n) is 13.9. The number of likely N-dealkylation sites (tertiary alicyclic amines) is 1. The highest BCUT2D eigenvalue weighted by Gasteiger charge is 2.42. The molecule has 1 aromatic heterocycles. The number of carbonyl (C=O) groups excluding carboxylic acids is 1. The number of hydrogen-bond donors (Lipinski definition) is 1. The molecule has 24 heavy (non-hydrogen) atoms. The summed E-state index contributed by atoms with van der Waals surface area (Å²) in [6, 6.07) is 14.5. The Morgan fingerprint density at radius 2 is 1.79 bits per heavy atom. The molecule has 4 rings (SSSR count). The fourth-order valence-corrected chi connectivity index (χ4v) is 3.97. The molecule has 2 aromatic rings. The number of fused-ring (bicyclic) bond motifs is 1. The van der Waals surface area contributed by atoms with E-state index >= 15 is 0 Å². The molecule has 0 bridgehead atoms. The third-order valence-corrected chi connectivity index (χ3v) is 5.49. The van der Waals surface area contributed by atoms with Crippen molar-refractivity contribution in [3.05, 3.63) is 65.5 Å². The van der Waals surface area contributed by atoms with Crippen molar-refractivity contribution in [3.63, 3.8) is 0 Å². The Labute approximate surface area is 142 Å². The molecule has 0 radical (unpaired) electrons. The molecular formula is C20H23N3O.